The predicted molar refractivity (Wildman–Crippen MR) is 82.8 cm³/mol. The molecule has 3 N–H and O–H groups in total. The fourth-order valence-electron chi connectivity index (χ4n) is 2.08. The van der Waals surface area contributed by atoms with Crippen LogP contribution in [0.25, 0.3) is 0 Å². The van der Waals surface area contributed by atoms with Gasteiger partial charge in [-0.2, -0.15) is 0 Å². The number of amides is 1. The van der Waals surface area contributed by atoms with Crippen molar-refractivity contribution in [3.05, 3.63) is 29.8 Å². The van der Waals surface area contributed by atoms with E-state index in [1.54, 1.807) is 24.3 Å². The maximum absolute atomic E-state index is 12.0. The van der Waals surface area contributed by atoms with Gasteiger partial charge in [-0.1, -0.05) is 12.2 Å². The highest BCUT2D eigenvalue weighted by Gasteiger charge is 2.13. The van der Waals surface area contributed by atoms with Gasteiger partial charge in [-0.25, -0.2) is 0 Å². The van der Waals surface area contributed by atoms with Gasteiger partial charge in [0.15, 0.2) is 0 Å². The molecular formula is C14H19N3O2S. The number of rotatable bonds is 4. The third-order valence-corrected chi connectivity index (χ3v) is 3.37. The monoisotopic (exact) mass is 293 g/mol. The first-order chi connectivity index (χ1) is 9.65. The number of hydrogen-bond donors (Lipinski definition) is 2. The summed E-state index contributed by atoms with van der Waals surface area (Å²) >= 11 is 4.89. The summed E-state index contributed by atoms with van der Waals surface area (Å²) < 4.78 is 5.36. The van der Waals surface area contributed by atoms with Crippen LogP contribution < -0.4 is 11.1 Å². The summed E-state index contributed by atoms with van der Waals surface area (Å²) in [6.45, 7) is 3.55. The van der Waals surface area contributed by atoms with E-state index in [0.29, 0.717) is 18.1 Å². The van der Waals surface area contributed by atoms with Gasteiger partial charge < -0.3 is 15.8 Å². The lowest BCUT2D eigenvalue weighted by Gasteiger charge is -2.18. The molecule has 1 amide bonds. The van der Waals surface area contributed by atoms with Crippen molar-refractivity contribution in [2.45, 2.75) is 6.42 Å². The number of thiocarbonyl (C=S) groups is 1. The summed E-state index contributed by atoms with van der Waals surface area (Å²) in [7, 11) is 0. The van der Waals surface area contributed by atoms with Gasteiger partial charge in [0.05, 0.1) is 13.2 Å². The van der Waals surface area contributed by atoms with Crippen LogP contribution in [-0.2, 0) is 9.53 Å². The first kappa shape index (κ1) is 14.9. The molecule has 1 aliphatic rings. The first-order valence-corrected chi connectivity index (χ1v) is 7.06. The number of nitrogens with zero attached hydrogens (tertiary/aromatic N) is 1. The van der Waals surface area contributed by atoms with Crippen molar-refractivity contribution in [3.63, 3.8) is 0 Å². The Labute approximate surface area is 124 Å². The van der Waals surface area contributed by atoms with E-state index in [-0.39, 0.29) is 5.91 Å². The molecule has 0 aromatic heterocycles. The Bertz CT molecular complexity index is 468. The van der Waals surface area contributed by atoms with E-state index in [9.17, 15) is 4.79 Å². The highest BCUT2D eigenvalue weighted by molar-refractivity contribution is 7.80. The molecule has 108 valence electrons. The highest BCUT2D eigenvalue weighted by atomic mass is 32.1. The van der Waals surface area contributed by atoms with Crippen LogP contribution in [0, 0.1) is 0 Å². The van der Waals surface area contributed by atoms with Crippen molar-refractivity contribution in [3.8, 4) is 0 Å². The second-order valence-corrected chi connectivity index (χ2v) is 5.17. The molecule has 0 saturated carbocycles. The molecule has 0 spiro atoms. The molecule has 1 heterocycles. The van der Waals surface area contributed by atoms with E-state index in [2.05, 4.69) is 10.2 Å². The van der Waals surface area contributed by atoms with Crippen LogP contribution in [0.1, 0.15) is 12.0 Å². The van der Waals surface area contributed by atoms with Crippen LogP contribution in [0.15, 0.2) is 24.3 Å². The number of carbonyl (C=O) groups excluding carboxylic acids is 1. The standard InChI is InChI=1S/C14H19N3O2S/c15-14(20)11-2-4-12(5-3-11)16-13(18)10-17-6-1-8-19-9-7-17/h2-5H,1,6-10H2,(H2,15,20)(H,16,18). The lowest BCUT2D eigenvalue weighted by molar-refractivity contribution is -0.117. The van der Waals surface area contributed by atoms with Crippen molar-refractivity contribution in [2.75, 3.05) is 38.2 Å². The van der Waals surface area contributed by atoms with E-state index in [1.165, 1.54) is 0 Å². The molecule has 1 aromatic carbocycles. The normalized spacial score (nSPS) is 16.4. The molecule has 1 fully saturated rings. The molecule has 0 radical (unpaired) electrons. The zero-order chi connectivity index (χ0) is 14.4. The number of benzene rings is 1. The summed E-state index contributed by atoms with van der Waals surface area (Å²) in [5, 5.41) is 2.87. The van der Waals surface area contributed by atoms with Gasteiger partial charge in [-0.15, -0.1) is 0 Å². The highest BCUT2D eigenvalue weighted by Crippen LogP contribution is 2.09. The fourth-order valence-corrected chi connectivity index (χ4v) is 2.21. The van der Waals surface area contributed by atoms with Crippen LogP contribution in [-0.4, -0.2) is 48.6 Å². The van der Waals surface area contributed by atoms with Crippen LogP contribution in [0.4, 0.5) is 5.69 Å². The Morgan fingerprint density at radius 1 is 1.30 bits per heavy atom. The molecule has 0 unspecified atom stereocenters. The van der Waals surface area contributed by atoms with Crippen LogP contribution >= 0.6 is 12.2 Å². The largest absolute Gasteiger partial charge is 0.389 e. The van der Waals surface area contributed by atoms with Crippen LogP contribution in [0.5, 0.6) is 0 Å². The van der Waals surface area contributed by atoms with Gasteiger partial charge in [0, 0.05) is 30.9 Å². The minimum atomic E-state index is -0.0185. The maximum Gasteiger partial charge on any atom is 0.238 e. The second-order valence-electron chi connectivity index (χ2n) is 4.73. The van der Waals surface area contributed by atoms with Crippen LogP contribution in [0.2, 0.25) is 0 Å². The van der Waals surface area contributed by atoms with Gasteiger partial charge >= 0.3 is 0 Å². The molecule has 6 heteroatoms. The predicted octanol–water partition coefficient (Wildman–Crippen LogP) is 0.982. The third-order valence-electron chi connectivity index (χ3n) is 3.14. The fraction of sp³-hybridized carbons (Fsp3) is 0.429. The molecule has 5 nitrogen and oxygen atoms in total. The van der Waals surface area contributed by atoms with E-state index in [1.807, 2.05) is 0 Å². The summed E-state index contributed by atoms with van der Waals surface area (Å²) in [6.07, 6.45) is 0.968. The molecule has 1 aromatic rings. The summed E-state index contributed by atoms with van der Waals surface area (Å²) in [5.74, 6) is -0.0185. The summed E-state index contributed by atoms with van der Waals surface area (Å²) in [5.41, 5.74) is 7.07. The molecule has 0 atom stereocenters. The molecule has 0 bridgehead atoms. The lowest BCUT2D eigenvalue weighted by atomic mass is 10.2. The average molecular weight is 293 g/mol. The summed E-state index contributed by atoms with van der Waals surface area (Å²) in [4.78, 5) is 14.4. The minimum Gasteiger partial charge on any atom is -0.389 e. The zero-order valence-electron chi connectivity index (χ0n) is 11.3. The van der Waals surface area contributed by atoms with Gasteiger partial charge in [0.25, 0.3) is 0 Å². The third kappa shape index (κ3) is 4.56. The first-order valence-electron chi connectivity index (χ1n) is 6.65. The van der Waals surface area contributed by atoms with E-state index < -0.39 is 0 Å². The molecule has 1 aliphatic heterocycles. The maximum atomic E-state index is 12.0. The lowest BCUT2D eigenvalue weighted by Crippen LogP contribution is -2.34. The SMILES string of the molecule is NC(=S)c1ccc(NC(=O)CN2CCCOCC2)cc1. The molecular weight excluding hydrogens is 274 g/mol. The van der Waals surface area contributed by atoms with Gasteiger partial charge in [-0.05, 0) is 30.7 Å². The van der Waals surface area contributed by atoms with Gasteiger partial charge in [0.2, 0.25) is 5.91 Å². The van der Waals surface area contributed by atoms with Crippen molar-refractivity contribution in [2.24, 2.45) is 5.73 Å². The van der Waals surface area contributed by atoms with Crippen molar-refractivity contribution in [1.82, 2.24) is 4.90 Å². The molecule has 20 heavy (non-hydrogen) atoms. The van der Waals surface area contributed by atoms with Gasteiger partial charge in [0.1, 0.15) is 4.99 Å². The summed E-state index contributed by atoms with van der Waals surface area (Å²) in [6, 6.07) is 7.21. The Hall–Kier alpha value is -1.50. The Kier molecular flexibility index (Phi) is 5.46. The Balaban J connectivity index is 1.85. The van der Waals surface area contributed by atoms with Gasteiger partial charge in [-0.3, -0.25) is 9.69 Å². The number of nitrogens with one attached hydrogen (secondary N) is 1. The quantitative estimate of drug-likeness (QED) is 0.810. The Morgan fingerprint density at radius 2 is 2.05 bits per heavy atom. The molecule has 2 rings (SSSR count). The Morgan fingerprint density at radius 3 is 2.75 bits per heavy atom. The topological polar surface area (TPSA) is 67.6 Å². The molecule has 1 saturated heterocycles. The second kappa shape index (κ2) is 7.33. The molecule has 0 aliphatic carbocycles. The average Bonchev–Trinajstić information content (AvgIpc) is 2.68. The zero-order valence-corrected chi connectivity index (χ0v) is 12.1. The van der Waals surface area contributed by atoms with Crippen molar-refractivity contribution < 1.29 is 9.53 Å². The number of hydrogen-bond acceptors (Lipinski definition) is 4. The number of ether oxygens (including phenoxy) is 1. The van der Waals surface area contributed by atoms with Crippen molar-refractivity contribution in [1.29, 1.82) is 0 Å². The minimum absolute atomic E-state index is 0.0185. The van der Waals surface area contributed by atoms with Crippen LogP contribution in [0.3, 0.4) is 0 Å². The number of carbonyl (C=O) groups is 1. The number of nitrogens with two attached hydrogens (primary N) is 1. The van der Waals surface area contributed by atoms with Crippen molar-refractivity contribution >= 4 is 28.8 Å². The van der Waals surface area contributed by atoms with E-state index in [4.69, 9.17) is 22.7 Å². The smallest absolute Gasteiger partial charge is 0.238 e. The number of anilines is 1. The van der Waals surface area contributed by atoms with E-state index in [0.717, 1.165) is 37.4 Å². The van der Waals surface area contributed by atoms with E-state index >= 15 is 0 Å².